The Labute approximate surface area is 228 Å². The Morgan fingerprint density at radius 3 is 2.06 bits per heavy atom. The number of hydrogen-bond acceptors (Lipinski definition) is 0. The summed E-state index contributed by atoms with van der Waals surface area (Å²) in [5.74, 6) is 0.604. The van der Waals surface area contributed by atoms with Crippen LogP contribution >= 0.6 is 0 Å². The monoisotopic (exact) mass is 547 g/mol. The summed E-state index contributed by atoms with van der Waals surface area (Å²) in [6.45, 7) is 6.69. The Bertz CT molecular complexity index is 1370. The molecule has 1 radical (unpaired) electrons. The van der Waals surface area contributed by atoms with Gasteiger partial charge in [-0.15, -0.1) is 39.7 Å². The van der Waals surface area contributed by atoms with Gasteiger partial charge in [0.05, 0.1) is 0 Å². The van der Waals surface area contributed by atoms with Gasteiger partial charge in [0, 0.05) is 5.92 Å². The number of hydrogen-bond donors (Lipinski definition) is 0. The molecule has 0 fully saturated rings. The third kappa shape index (κ3) is 4.88. The fourth-order valence-corrected chi connectivity index (χ4v) is 5.20. The van der Waals surface area contributed by atoms with Gasteiger partial charge in [0.25, 0.3) is 0 Å². The molecule has 0 N–H and O–H groups in total. The van der Waals surface area contributed by atoms with Crippen molar-refractivity contribution in [2.45, 2.75) is 33.1 Å². The van der Waals surface area contributed by atoms with Crippen molar-refractivity contribution >= 4 is 21.5 Å². The molecule has 5 aromatic rings. The van der Waals surface area contributed by atoms with Crippen LogP contribution in [0.15, 0.2) is 91.0 Å². The average molecular weight is 550 g/mol. The van der Waals surface area contributed by atoms with Crippen molar-refractivity contribution in [1.82, 2.24) is 0 Å². The van der Waals surface area contributed by atoms with Gasteiger partial charge in [-0.05, 0) is 48.1 Å². The van der Waals surface area contributed by atoms with Gasteiger partial charge in [0.15, 0.2) is 0 Å². The van der Waals surface area contributed by atoms with E-state index in [0.29, 0.717) is 5.92 Å². The molecule has 3 heteroatoms. The standard InChI is InChI=1S/C16H16.C14H11.2ClH.Zr/c1-3-12-13-8-4-5-9-14(13)15-10-6-7-11(2)16(12)15;1-10-5-4-7-12-9-11-6-2-3-8-13(11)14(10)12;;;/h4-10,12H,3H2,1-2H3;2-9H,1H3;2*1H;/q;-1;;;+3/p-2. The summed E-state index contributed by atoms with van der Waals surface area (Å²) < 4.78 is 0. The minimum Gasteiger partial charge on any atom is -1.00 e. The second-order valence-electron chi connectivity index (χ2n) is 8.35. The maximum atomic E-state index is 2.28. The quantitative estimate of drug-likeness (QED) is 0.282. The zero-order valence-electron chi connectivity index (χ0n) is 19.2. The molecule has 0 spiro atoms. The first-order chi connectivity index (χ1) is 14.7. The van der Waals surface area contributed by atoms with Gasteiger partial charge >= 0.3 is 26.2 Å². The number of benzene rings is 4. The molecule has 165 valence electrons. The summed E-state index contributed by atoms with van der Waals surface area (Å²) in [5, 5.41) is 5.48. The maximum absolute atomic E-state index is 2.28. The van der Waals surface area contributed by atoms with Crippen molar-refractivity contribution in [2.75, 3.05) is 0 Å². The molecule has 1 aliphatic carbocycles. The largest absolute Gasteiger partial charge is 3.00 e. The SMILES string of the molecule is CCC1c2ccccc2-c2cccc(C)c21.Cc1cccc2[cH-]c3ccccc3c12.[Cl-].[Cl-].[Zr+3]. The predicted molar refractivity (Wildman–Crippen MR) is 131 cm³/mol. The molecule has 1 atom stereocenters. The summed E-state index contributed by atoms with van der Waals surface area (Å²) in [7, 11) is 0. The molecule has 0 saturated heterocycles. The van der Waals surface area contributed by atoms with E-state index in [2.05, 4.69) is 112 Å². The van der Waals surface area contributed by atoms with Gasteiger partial charge in [0.1, 0.15) is 0 Å². The minimum absolute atomic E-state index is 0. The average Bonchev–Trinajstić information content (AvgIpc) is 3.31. The molecule has 0 aromatic heterocycles. The van der Waals surface area contributed by atoms with Gasteiger partial charge < -0.3 is 24.8 Å². The molecule has 0 saturated carbocycles. The summed E-state index contributed by atoms with van der Waals surface area (Å²) in [5.41, 5.74) is 8.74. The zero-order valence-corrected chi connectivity index (χ0v) is 23.2. The first kappa shape index (κ1) is 27.5. The minimum atomic E-state index is 0. The normalized spacial score (nSPS) is 13.0. The van der Waals surface area contributed by atoms with Gasteiger partial charge in [0.2, 0.25) is 0 Å². The van der Waals surface area contributed by atoms with Crippen LogP contribution in [0.4, 0.5) is 0 Å². The molecule has 0 bridgehead atoms. The van der Waals surface area contributed by atoms with Crippen LogP contribution in [-0.4, -0.2) is 0 Å². The molecule has 0 heterocycles. The van der Waals surface area contributed by atoms with Gasteiger partial charge in [-0.3, -0.25) is 0 Å². The topological polar surface area (TPSA) is 0 Å². The Balaban J connectivity index is 0.000000215. The fourth-order valence-electron chi connectivity index (χ4n) is 5.20. The fraction of sp³-hybridized carbons (Fsp3) is 0.167. The molecule has 0 aliphatic heterocycles. The summed E-state index contributed by atoms with van der Waals surface area (Å²) in [6.07, 6.45) is 1.19. The summed E-state index contributed by atoms with van der Waals surface area (Å²) in [6, 6.07) is 32.8. The molecule has 1 unspecified atom stereocenters. The molecule has 0 nitrogen and oxygen atoms in total. The second-order valence-corrected chi connectivity index (χ2v) is 8.35. The number of fused-ring (bicyclic) bond motifs is 6. The number of halogens is 2. The maximum Gasteiger partial charge on any atom is 3.00 e. The van der Waals surface area contributed by atoms with E-state index >= 15 is 0 Å². The van der Waals surface area contributed by atoms with Crippen LogP contribution in [0.25, 0.3) is 32.7 Å². The van der Waals surface area contributed by atoms with Crippen LogP contribution in [0.3, 0.4) is 0 Å². The molecule has 33 heavy (non-hydrogen) atoms. The smallest absolute Gasteiger partial charge is 1.00 e. The second kappa shape index (κ2) is 11.6. The molecular formula is C30H27Cl2Zr. The van der Waals surface area contributed by atoms with E-state index < -0.39 is 0 Å². The van der Waals surface area contributed by atoms with Gasteiger partial charge in [-0.25, -0.2) is 0 Å². The van der Waals surface area contributed by atoms with E-state index in [1.165, 1.54) is 55.8 Å². The number of rotatable bonds is 1. The Morgan fingerprint density at radius 2 is 1.27 bits per heavy atom. The Kier molecular flexibility index (Phi) is 9.62. The first-order valence-electron chi connectivity index (χ1n) is 10.9. The van der Waals surface area contributed by atoms with Crippen LogP contribution in [0, 0.1) is 13.8 Å². The zero-order chi connectivity index (χ0) is 20.7. The summed E-state index contributed by atoms with van der Waals surface area (Å²) in [4.78, 5) is 0. The van der Waals surface area contributed by atoms with Crippen molar-refractivity contribution in [3.63, 3.8) is 0 Å². The van der Waals surface area contributed by atoms with Crippen molar-refractivity contribution < 1.29 is 51.0 Å². The molecule has 1 aliphatic rings. The molecule has 0 amide bonds. The third-order valence-corrected chi connectivity index (χ3v) is 6.55. The first-order valence-corrected chi connectivity index (χ1v) is 10.9. The van der Waals surface area contributed by atoms with Crippen LogP contribution < -0.4 is 24.8 Å². The van der Waals surface area contributed by atoms with Crippen molar-refractivity contribution in [3.8, 4) is 11.1 Å². The Morgan fingerprint density at radius 1 is 0.667 bits per heavy atom. The van der Waals surface area contributed by atoms with Crippen LogP contribution in [0.1, 0.15) is 41.5 Å². The molecular weight excluding hydrogens is 522 g/mol. The van der Waals surface area contributed by atoms with E-state index in [4.69, 9.17) is 0 Å². The van der Waals surface area contributed by atoms with E-state index in [1.54, 1.807) is 5.56 Å². The van der Waals surface area contributed by atoms with Crippen molar-refractivity contribution in [3.05, 3.63) is 113 Å². The third-order valence-electron chi connectivity index (χ3n) is 6.55. The van der Waals surface area contributed by atoms with Gasteiger partial charge in [-0.2, -0.15) is 0 Å². The van der Waals surface area contributed by atoms with E-state index in [-0.39, 0.29) is 51.0 Å². The van der Waals surface area contributed by atoms with E-state index in [1.807, 2.05) is 0 Å². The van der Waals surface area contributed by atoms with E-state index in [9.17, 15) is 0 Å². The molecule has 5 aromatic carbocycles. The van der Waals surface area contributed by atoms with Gasteiger partial charge in [-0.1, -0.05) is 85.3 Å². The van der Waals surface area contributed by atoms with Crippen LogP contribution in [0.2, 0.25) is 0 Å². The van der Waals surface area contributed by atoms with Crippen molar-refractivity contribution in [1.29, 1.82) is 0 Å². The van der Waals surface area contributed by atoms with Crippen LogP contribution in [-0.2, 0) is 26.2 Å². The number of aryl methyl sites for hydroxylation is 2. The summed E-state index contributed by atoms with van der Waals surface area (Å²) >= 11 is 0. The van der Waals surface area contributed by atoms with Crippen molar-refractivity contribution in [2.24, 2.45) is 0 Å². The Hall–Kier alpha value is -1.79. The predicted octanol–water partition coefficient (Wildman–Crippen LogP) is 2.54. The van der Waals surface area contributed by atoms with Crippen LogP contribution in [0.5, 0.6) is 0 Å². The molecule has 6 rings (SSSR count). The van der Waals surface area contributed by atoms with E-state index in [0.717, 1.165) is 0 Å².